The number of aromatic amines is 1. The summed E-state index contributed by atoms with van der Waals surface area (Å²) in [5.41, 5.74) is 2.49. The highest BCUT2D eigenvalue weighted by Crippen LogP contribution is 2.42. The number of H-pyrrole nitrogens is 1. The van der Waals surface area contributed by atoms with Crippen LogP contribution in [0, 0.1) is 5.41 Å². The van der Waals surface area contributed by atoms with Crippen molar-refractivity contribution >= 4 is 16.6 Å². The van der Waals surface area contributed by atoms with E-state index in [0.29, 0.717) is 5.41 Å². The third-order valence-electron chi connectivity index (χ3n) is 4.79. The van der Waals surface area contributed by atoms with E-state index in [1.807, 2.05) is 18.2 Å². The smallest absolute Gasteiger partial charge is 0.250 e. The molecule has 0 bridgehead atoms. The third kappa shape index (κ3) is 1.83. The summed E-state index contributed by atoms with van der Waals surface area (Å²) < 4.78 is 0. The van der Waals surface area contributed by atoms with E-state index in [1.165, 1.54) is 12.8 Å². The van der Waals surface area contributed by atoms with Crippen LogP contribution in [0.4, 0.5) is 5.69 Å². The van der Waals surface area contributed by atoms with Gasteiger partial charge in [-0.25, -0.2) is 0 Å². The number of aromatic nitrogens is 1. The van der Waals surface area contributed by atoms with Gasteiger partial charge in [0, 0.05) is 30.0 Å². The minimum Gasteiger partial charge on any atom is -0.370 e. The molecular formula is C16H19N3O. The molecule has 104 valence electrons. The molecular weight excluding hydrogens is 250 g/mol. The number of rotatable bonds is 1. The van der Waals surface area contributed by atoms with Crippen molar-refractivity contribution < 1.29 is 0 Å². The molecule has 0 atom stereocenters. The molecule has 0 aliphatic carbocycles. The van der Waals surface area contributed by atoms with Crippen molar-refractivity contribution in [2.75, 3.05) is 31.1 Å². The first kappa shape index (κ1) is 12.0. The summed E-state index contributed by atoms with van der Waals surface area (Å²) >= 11 is 0. The summed E-state index contributed by atoms with van der Waals surface area (Å²) in [5.74, 6) is 0. The molecule has 0 amide bonds. The largest absolute Gasteiger partial charge is 0.370 e. The van der Waals surface area contributed by atoms with E-state index in [9.17, 15) is 4.79 Å². The molecule has 1 aromatic carbocycles. The van der Waals surface area contributed by atoms with Crippen molar-refractivity contribution in [2.24, 2.45) is 5.41 Å². The van der Waals surface area contributed by atoms with E-state index in [1.54, 1.807) is 6.07 Å². The zero-order valence-electron chi connectivity index (χ0n) is 11.5. The van der Waals surface area contributed by atoms with E-state index < -0.39 is 0 Å². The van der Waals surface area contributed by atoms with E-state index >= 15 is 0 Å². The van der Waals surface area contributed by atoms with Crippen molar-refractivity contribution in [1.29, 1.82) is 0 Å². The average Bonchev–Trinajstić information content (AvgIpc) is 2.44. The summed E-state index contributed by atoms with van der Waals surface area (Å²) in [6.07, 6.45) is 2.51. The van der Waals surface area contributed by atoms with Crippen LogP contribution >= 0.6 is 0 Å². The van der Waals surface area contributed by atoms with E-state index in [4.69, 9.17) is 0 Å². The molecule has 2 N–H and O–H groups in total. The maximum absolute atomic E-state index is 11.8. The second-order valence-corrected chi connectivity index (χ2v) is 6.17. The van der Waals surface area contributed by atoms with E-state index in [2.05, 4.69) is 21.3 Å². The number of piperidine rings is 1. The monoisotopic (exact) mass is 269 g/mol. The first-order valence-electron chi connectivity index (χ1n) is 7.34. The maximum Gasteiger partial charge on any atom is 0.250 e. The molecule has 20 heavy (non-hydrogen) atoms. The van der Waals surface area contributed by atoms with Crippen LogP contribution in [0.25, 0.3) is 10.9 Å². The molecule has 2 fully saturated rings. The highest BCUT2D eigenvalue weighted by Gasteiger charge is 2.43. The van der Waals surface area contributed by atoms with Gasteiger partial charge in [0.1, 0.15) is 0 Å². The fourth-order valence-electron chi connectivity index (χ4n) is 3.65. The highest BCUT2D eigenvalue weighted by atomic mass is 16.1. The summed E-state index contributed by atoms with van der Waals surface area (Å²) in [4.78, 5) is 17.1. The SMILES string of the molecule is O=c1cc(N2CC3(CCNCC3)C2)c2ccccc2[nH]1. The topological polar surface area (TPSA) is 48.1 Å². The van der Waals surface area contributed by atoms with Crippen LogP contribution in [0.2, 0.25) is 0 Å². The van der Waals surface area contributed by atoms with Crippen molar-refractivity contribution in [3.8, 4) is 0 Å². The number of benzene rings is 1. The Morgan fingerprint density at radius 1 is 1.10 bits per heavy atom. The van der Waals surface area contributed by atoms with Crippen molar-refractivity contribution in [3.05, 3.63) is 40.7 Å². The Bertz CT molecular complexity index is 692. The third-order valence-corrected chi connectivity index (χ3v) is 4.79. The van der Waals surface area contributed by atoms with Gasteiger partial charge in [-0.15, -0.1) is 0 Å². The predicted molar refractivity (Wildman–Crippen MR) is 81.3 cm³/mol. The molecule has 1 spiro atoms. The van der Waals surface area contributed by atoms with Crippen molar-refractivity contribution in [2.45, 2.75) is 12.8 Å². The van der Waals surface area contributed by atoms with Crippen LogP contribution in [-0.2, 0) is 0 Å². The lowest BCUT2D eigenvalue weighted by Crippen LogP contribution is -2.60. The predicted octanol–water partition coefficient (Wildman–Crippen LogP) is 1.72. The Morgan fingerprint density at radius 2 is 1.85 bits per heavy atom. The molecule has 2 aliphatic rings. The fourth-order valence-corrected chi connectivity index (χ4v) is 3.65. The van der Waals surface area contributed by atoms with Crippen molar-refractivity contribution in [3.63, 3.8) is 0 Å². The summed E-state index contributed by atoms with van der Waals surface area (Å²) in [6, 6.07) is 9.81. The lowest BCUT2D eigenvalue weighted by molar-refractivity contribution is 0.150. The van der Waals surface area contributed by atoms with Gasteiger partial charge in [-0.1, -0.05) is 18.2 Å². The van der Waals surface area contributed by atoms with Crippen LogP contribution < -0.4 is 15.8 Å². The number of nitrogens with one attached hydrogen (secondary N) is 2. The normalized spacial score (nSPS) is 21.1. The lowest BCUT2D eigenvalue weighted by atomic mass is 9.72. The summed E-state index contributed by atoms with van der Waals surface area (Å²) in [7, 11) is 0. The quantitative estimate of drug-likeness (QED) is 0.828. The molecule has 2 saturated heterocycles. The Labute approximate surface area is 117 Å². The number of hydrogen-bond donors (Lipinski definition) is 2. The maximum atomic E-state index is 11.8. The number of para-hydroxylation sites is 1. The van der Waals surface area contributed by atoms with Crippen LogP contribution in [-0.4, -0.2) is 31.2 Å². The Hall–Kier alpha value is -1.81. The van der Waals surface area contributed by atoms with Crippen LogP contribution in [0.5, 0.6) is 0 Å². The minimum atomic E-state index is -0.00930. The summed E-state index contributed by atoms with van der Waals surface area (Å²) in [6.45, 7) is 4.43. The Morgan fingerprint density at radius 3 is 2.65 bits per heavy atom. The molecule has 0 saturated carbocycles. The number of fused-ring (bicyclic) bond motifs is 1. The van der Waals surface area contributed by atoms with Crippen LogP contribution in [0.3, 0.4) is 0 Å². The second-order valence-electron chi connectivity index (χ2n) is 6.17. The fraction of sp³-hybridized carbons (Fsp3) is 0.438. The Kier molecular flexibility index (Phi) is 2.60. The van der Waals surface area contributed by atoms with Gasteiger partial charge in [0.25, 0.3) is 0 Å². The van der Waals surface area contributed by atoms with Crippen molar-refractivity contribution in [1.82, 2.24) is 10.3 Å². The van der Waals surface area contributed by atoms with Gasteiger partial charge < -0.3 is 15.2 Å². The molecule has 1 aromatic heterocycles. The molecule has 2 aromatic rings. The standard InChI is InChI=1S/C16H19N3O/c20-15-9-14(12-3-1-2-4-13(12)18-15)19-10-16(11-19)5-7-17-8-6-16/h1-4,9,17H,5-8,10-11H2,(H,18,20). The lowest BCUT2D eigenvalue weighted by Gasteiger charge is -2.53. The van der Waals surface area contributed by atoms with E-state index in [0.717, 1.165) is 42.8 Å². The zero-order chi connectivity index (χ0) is 13.6. The molecule has 0 radical (unpaired) electrons. The molecule has 0 unspecified atom stereocenters. The average molecular weight is 269 g/mol. The first-order chi connectivity index (χ1) is 9.76. The van der Waals surface area contributed by atoms with Gasteiger partial charge in [0.2, 0.25) is 5.56 Å². The molecule has 4 heteroatoms. The van der Waals surface area contributed by atoms with Gasteiger partial charge >= 0.3 is 0 Å². The molecule has 4 rings (SSSR count). The number of nitrogens with zero attached hydrogens (tertiary/aromatic N) is 1. The van der Waals surface area contributed by atoms with Gasteiger partial charge in [-0.2, -0.15) is 0 Å². The second kappa shape index (κ2) is 4.35. The number of hydrogen-bond acceptors (Lipinski definition) is 3. The highest BCUT2D eigenvalue weighted by molar-refractivity contribution is 5.91. The molecule has 4 nitrogen and oxygen atoms in total. The summed E-state index contributed by atoms with van der Waals surface area (Å²) in [5, 5.41) is 4.58. The first-order valence-corrected chi connectivity index (χ1v) is 7.34. The van der Waals surface area contributed by atoms with Crippen LogP contribution in [0.1, 0.15) is 12.8 Å². The number of pyridine rings is 1. The van der Waals surface area contributed by atoms with E-state index in [-0.39, 0.29) is 5.56 Å². The van der Waals surface area contributed by atoms with Crippen LogP contribution in [0.15, 0.2) is 35.1 Å². The minimum absolute atomic E-state index is 0.00930. The Balaban J connectivity index is 1.68. The number of anilines is 1. The van der Waals surface area contributed by atoms with Gasteiger partial charge in [0.15, 0.2) is 0 Å². The van der Waals surface area contributed by atoms with Gasteiger partial charge in [-0.3, -0.25) is 4.79 Å². The molecule has 2 aliphatic heterocycles. The zero-order valence-corrected chi connectivity index (χ0v) is 11.5. The molecule has 3 heterocycles. The van der Waals surface area contributed by atoms with Gasteiger partial charge in [-0.05, 0) is 32.0 Å². The van der Waals surface area contributed by atoms with Gasteiger partial charge in [0.05, 0.1) is 11.2 Å².